The minimum absolute atomic E-state index is 0.000713. The molecular weight excluding hydrogens is 441 g/mol. The molecule has 5 aromatic heterocycles. The Balaban J connectivity index is 1.52. The van der Waals surface area contributed by atoms with Gasteiger partial charge in [-0.05, 0) is 37.3 Å². The van der Waals surface area contributed by atoms with Crippen LogP contribution in [0.4, 0.5) is 4.39 Å². The lowest BCUT2D eigenvalue weighted by Crippen LogP contribution is -1.90. The summed E-state index contributed by atoms with van der Waals surface area (Å²) in [4.78, 5) is 33.6. The third-order valence-corrected chi connectivity index (χ3v) is 6.54. The Hall–Kier alpha value is -4.31. The predicted molar refractivity (Wildman–Crippen MR) is 123 cm³/mol. The van der Waals surface area contributed by atoms with Crippen LogP contribution in [0, 0.1) is 5.82 Å². The number of carbonyl (C=O) groups is 1. The summed E-state index contributed by atoms with van der Waals surface area (Å²) in [5.41, 5.74) is 3.85. The fraction of sp³-hybridized carbons (Fsp3) is 0.0435. The molecule has 160 valence electrons. The Bertz CT molecular complexity index is 1670. The van der Waals surface area contributed by atoms with Crippen LogP contribution in [0.5, 0.6) is 0 Å². The van der Waals surface area contributed by atoms with Gasteiger partial charge in [-0.2, -0.15) is 5.10 Å². The maximum Gasteiger partial charge on any atom is 0.169 e. The number of carbonyl (C=O) groups excluding carboxylic acids is 1. The molecule has 0 radical (unpaired) electrons. The van der Waals surface area contributed by atoms with Crippen LogP contribution in [0.3, 0.4) is 0 Å². The monoisotopic (exact) mass is 455 g/mol. The van der Waals surface area contributed by atoms with Crippen LogP contribution < -0.4 is 0 Å². The Labute approximate surface area is 189 Å². The SMILES string of the molecule is CC(=O)c1ccc(-c2nccc3[nH]c(-c4n[nH]c5ccc(-c6cncnc6)c(F)c45)nc23)s1. The van der Waals surface area contributed by atoms with Crippen molar-refractivity contribution in [3.63, 3.8) is 0 Å². The number of nitrogens with zero attached hydrogens (tertiary/aromatic N) is 5. The molecule has 0 fully saturated rings. The van der Waals surface area contributed by atoms with E-state index in [1.54, 1.807) is 42.9 Å². The predicted octanol–water partition coefficient (Wildman–Crippen LogP) is 5.03. The number of fused-ring (bicyclic) bond motifs is 2. The second kappa shape index (κ2) is 7.38. The van der Waals surface area contributed by atoms with Crippen molar-refractivity contribution in [3.8, 4) is 33.2 Å². The van der Waals surface area contributed by atoms with Crippen molar-refractivity contribution in [2.75, 3.05) is 0 Å². The lowest BCUT2D eigenvalue weighted by Gasteiger charge is -2.04. The average Bonchev–Trinajstić information content (AvgIpc) is 3.57. The van der Waals surface area contributed by atoms with Gasteiger partial charge in [0.15, 0.2) is 11.6 Å². The molecule has 0 aliphatic heterocycles. The number of halogens is 1. The molecule has 0 spiro atoms. The summed E-state index contributed by atoms with van der Waals surface area (Å²) in [6, 6.07) is 8.87. The summed E-state index contributed by atoms with van der Waals surface area (Å²) in [6.45, 7) is 1.53. The van der Waals surface area contributed by atoms with Gasteiger partial charge < -0.3 is 4.98 Å². The van der Waals surface area contributed by atoms with Crippen molar-refractivity contribution in [3.05, 3.63) is 65.9 Å². The molecule has 0 bridgehead atoms. The van der Waals surface area contributed by atoms with Crippen molar-refractivity contribution < 1.29 is 9.18 Å². The van der Waals surface area contributed by atoms with E-state index >= 15 is 4.39 Å². The number of aromatic amines is 2. The smallest absolute Gasteiger partial charge is 0.169 e. The quantitative estimate of drug-likeness (QED) is 0.361. The number of ketones is 1. The van der Waals surface area contributed by atoms with Gasteiger partial charge in [-0.15, -0.1) is 11.3 Å². The third kappa shape index (κ3) is 3.11. The molecule has 0 saturated carbocycles. The number of Topliss-reactive ketones (excluding diaryl/α,β-unsaturated/α-hetero) is 1. The normalized spacial score (nSPS) is 11.5. The number of rotatable bonds is 4. The number of thiophene rings is 1. The summed E-state index contributed by atoms with van der Waals surface area (Å²) >= 11 is 1.36. The van der Waals surface area contributed by atoms with E-state index in [2.05, 4.69) is 30.1 Å². The van der Waals surface area contributed by atoms with Gasteiger partial charge in [-0.1, -0.05) is 0 Å². The summed E-state index contributed by atoms with van der Waals surface area (Å²) in [5.74, 6) is -0.0253. The second-order valence-corrected chi connectivity index (χ2v) is 8.49. The van der Waals surface area contributed by atoms with Crippen LogP contribution in [0.1, 0.15) is 16.6 Å². The number of nitrogens with one attached hydrogen (secondary N) is 2. The molecule has 6 aromatic rings. The maximum absolute atomic E-state index is 15.6. The van der Waals surface area contributed by atoms with Crippen LogP contribution >= 0.6 is 11.3 Å². The van der Waals surface area contributed by atoms with Gasteiger partial charge in [-0.25, -0.2) is 19.3 Å². The zero-order valence-corrected chi connectivity index (χ0v) is 17.9. The highest BCUT2D eigenvalue weighted by atomic mass is 32.1. The van der Waals surface area contributed by atoms with E-state index in [1.807, 2.05) is 6.07 Å². The summed E-state index contributed by atoms with van der Waals surface area (Å²) in [6.07, 6.45) is 6.19. The minimum atomic E-state index is -0.436. The fourth-order valence-corrected chi connectivity index (χ4v) is 4.69. The highest BCUT2D eigenvalue weighted by Crippen LogP contribution is 2.36. The van der Waals surface area contributed by atoms with E-state index in [0.717, 1.165) is 10.4 Å². The van der Waals surface area contributed by atoms with Gasteiger partial charge in [0, 0.05) is 29.7 Å². The Kier molecular flexibility index (Phi) is 4.34. The van der Waals surface area contributed by atoms with Crippen LogP contribution in [0.15, 0.2) is 55.2 Å². The van der Waals surface area contributed by atoms with E-state index < -0.39 is 5.82 Å². The van der Waals surface area contributed by atoms with E-state index in [9.17, 15) is 4.79 Å². The molecule has 5 heterocycles. The van der Waals surface area contributed by atoms with Crippen LogP contribution in [-0.4, -0.2) is 40.9 Å². The van der Waals surface area contributed by atoms with Crippen molar-refractivity contribution in [2.24, 2.45) is 0 Å². The fourth-order valence-electron chi connectivity index (χ4n) is 3.79. The summed E-state index contributed by atoms with van der Waals surface area (Å²) in [5, 5.41) is 7.53. The molecule has 10 heteroatoms. The molecule has 0 unspecified atom stereocenters. The number of hydrogen-bond donors (Lipinski definition) is 2. The largest absolute Gasteiger partial charge is 0.336 e. The number of aromatic nitrogens is 7. The topological polar surface area (TPSA) is 113 Å². The molecular formula is C23H14FN7OS. The Morgan fingerprint density at radius 3 is 2.67 bits per heavy atom. The van der Waals surface area contributed by atoms with Crippen LogP contribution in [0.2, 0.25) is 0 Å². The highest BCUT2D eigenvalue weighted by Gasteiger charge is 2.21. The second-order valence-electron chi connectivity index (χ2n) is 7.41. The third-order valence-electron chi connectivity index (χ3n) is 5.35. The molecule has 33 heavy (non-hydrogen) atoms. The molecule has 6 rings (SSSR count). The molecule has 2 N–H and O–H groups in total. The van der Waals surface area contributed by atoms with Crippen molar-refractivity contribution in [1.82, 2.24) is 35.1 Å². The number of H-pyrrole nitrogens is 2. The number of imidazole rings is 1. The first-order valence-corrected chi connectivity index (χ1v) is 10.8. The van der Waals surface area contributed by atoms with Gasteiger partial charge in [0.05, 0.1) is 26.2 Å². The first kappa shape index (κ1) is 19.4. The molecule has 0 amide bonds. The highest BCUT2D eigenvalue weighted by molar-refractivity contribution is 7.17. The van der Waals surface area contributed by atoms with E-state index in [4.69, 9.17) is 4.98 Å². The van der Waals surface area contributed by atoms with Gasteiger partial charge in [0.1, 0.15) is 29.0 Å². The first-order chi connectivity index (χ1) is 16.1. The van der Waals surface area contributed by atoms with E-state index in [0.29, 0.717) is 49.6 Å². The van der Waals surface area contributed by atoms with Gasteiger partial charge in [0.25, 0.3) is 0 Å². The van der Waals surface area contributed by atoms with Gasteiger partial charge >= 0.3 is 0 Å². The minimum Gasteiger partial charge on any atom is -0.336 e. The number of pyridine rings is 1. The van der Waals surface area contributed by atoms with Crippen molar-refractivity contribution in [1.29, 1.82) is 0 Å². The van der Waals surface area contributed by atoms with Crippen LogP contribution in [-0.2, 0) is 0 Å². The maximum atomic E-state index is 15.6. The molecule has 1 aromatic carbocycles. The zero-order valence-electron chi connectivity index (χ0n) is 17.1. The molecule has 0 aliphatic rings. The number of hydrogen-bond acceptors (Lipinski definition) is 7. The Morgan fingerprint density at radius 1 is 1.03 bits per heavy atom. The van der Waals surface area contributed by atoms with Gasteiger partial charge in [0.2, 0.25) is 0 Å². The lowest BCUT2D eigenvalue weighted by molar-refractivity contribution is 0.102. The summed E-state index contributed by atoms with van der Waals surface area (Å²) in [7, 11) is 0. The van der Waals surface area contributed by atoms with Crippen LogP contribution in [0.25, 0.3) is 55.2 Å². The lowest BCUT2D eigenvalue weighted by atomic mass is 10.0. The van der Waals surface area contributed by atoms with E-state index in [1.165, 1.54) is 24.6 Å². The standard InChI is InChI=1S/C23H14FN7OS/c1-11(32)16-4-5-17(33-16)21-20-15(6-7-27-21)28-23(29-20)22-18-14(30-31-22)3-2-13(19(18)24)12-8-25-10-26-9-12/h2-10H,1H3,(H,28,29)(H,30,31). The molecule has 8 nitrogen and oxygen atoms in total. The first-order valence-electron chi connectivity index (χ1n) is 9.98. The van der Waals surface area contributed by atoms with Crippen molar-refractivity contribution >= 4 is 39.1 Å². The van der Waals surface area contributed by atoms with E-state index in [-0.39, 0.29) is 5.78 Å². The van der Waals surface area contributed by atoms with Crippen molar-refractivity contribution in [2.45, 2.75) is 6.92 Å². The average molecular weight is 455 g/mol. The molecule has 0 saturated heterocycles. The number of benzene rings is 1. The summed E-state index contributed by atoms with van der Waals surface area (Å²) < 4.78 is 15.6. The Morgan fingerprint density at radius 2 is 1.88 bits per heavy atom. The van der Waals surface area contributed by atoms with Gasteiger partial charge in [-0.3, -0.25) is 14.9 Å². The zero-order chi connectivity index (χ0) is 22.5. The molecule has 0 aliphatic carbocycles. The molecule has 0 atom stereocenters.